The van der Waals surface area contributed by atoms with E-state index in [0.29, 0.717) is 5.92 Å². The standard InChI is InChI=1S/C23H35NO3Si/c1-23(2,3)28(4,5)24-20(19(21(24)25)15-17-11-9-10-12-17)22(26)27-16-18-13-7-6-8-14-18/h6-8,13-14,17,19-20H,9-12,15-16H2,1-5H3/t19-,20+/m1/s1. The number of rotatable bonds is 6. The summed E-state index contributed by atoms with van der Waals surface area (Å²) in [6.45, 7) is 11.2. The van der Waals surface area contributed by atoms with E-state index in [2.05, 4.69) is 33.9 Å². The molecule has 154 valence electrons. The summed E-state index contributed by atoms with van der Waals surface area (Å²) in [4.78, 5) is 26.3. The molecule has 3 rings (SSSR count). The number of carbonyl (C=O) groups is 2. The molecular weight excluding hydrogens is 366 g/mol. The Hall–Kier alpha value is -1.62. The van der Waals surface area contributed by atoms with Gasteiger partial charge in [-0.25, -0.2) is 4.79 Å². The lowest BCUT2D eigenvalue weighted by molar-refractivity contribution is -0.169. The van der Waals surface area contributed by atoms with Crippen LogP contribution in [0.3, 0.4) is 0 Å². The van der Waals surface area contributed by atoms with Crippen LogP contribution >= 0.6 is 0 Å². The topological polar surface area (TPSA) is 46.6 Å². The molecule has 0 N–H and O–H groups in total. The minimum absolute atomic E-state index is 0.00104. The zero-order chi connectivity index (χ0) is 20.5. The predicted molar refractivity (Wildman–Crippen MR) is 114 cm³/mol. The molecule has 1 aromatic rings. The number of β-lactam (4-membered cyclic amide) rings is 1. The summed E-state index contributed by atoms with van der Waals surface area (Å²) in [6.07, 6.45) is 5.72. The molecule has 0 spiro atoms. The van der Waals surface area contributed by atoms with Gasteiger partial charge >= 0.3 is 5.97 Å². The highest BCUT2D eigenvalue weighted by Gasteiger charge is 2.60. The van der Waals surface area contributed by atoms with Crippen molar-refractivity contribution in [1.29, 1.82) is 0 Å². The van der Waals surface area contributed by atoms with Crippen molar-refractivity contribution >= 4 is 20.1 Å². The highest BCUT2D eigenvalue weighted by molar-refractivity contribution is 6.80. The Kier molecular flexibility index (Phi) is 6.04. The van der Waals surface area contributed by atoms with E-state index < -0.39 is 14.3 Å². The molecule has 1 aromatic carbocycles. The van der Waals surface area contributed by atoms with E-state index in [1.54, 1.807) is 0 Å². The van der Waals surface area contributed by atoms with Gasteiger partial charge in [0.25, 0.3) is 0 Å². The van der Waals surface area contributed by atoms with Gasteiger partial charge in [0.05, 0.1) is 5.92 Å². The normalized spacial score (nSPS) is 23.6. The second kappa shape index (κ2) is 8.01. The second-order valence-corrected chi connectivity index (χ2v) is 15.1. The fraction of sp³-hybridized carbons (Fsp3) is 0.652. The number of esters is 1. The van der Waals surface area contributed by atoms with Crippen LogP contribution in [0.25, 0.3) is 0 Å². The van der Waals surface area contributed by atoms with Crippen molar-refractivity contribution in [3.63, 3.8) is 0 Å². The van der Waals surface area contributed by atoms with Gasteiger partial charge in [-0.05, 0) is 22.9 Å². The average Bonchev–Trinajstić information content (AvgIpc) is 3.15. The predicted octanol–water partition coefficient (Wildman–Crippen LogP) is 5.14. The maximum absolute atomic E-state index is 13.2. The molecule has 1 saturated carbocycles. The van der Waals surface area contributed by atoms with E-state index in [9.17, 15) is 9.59 Å². The molecule has 2 atom stereocenters. The second-order valence-electron chi connectivity index (χ2n) is 10.0. The van der Waals surface area contributed by atoms with Crippen molar-refractivity contribution < 1.29 is 14.3 Å². The summed E-state index contributed by atoms with van der Waals surface area (Å²) < 4.78 is 7.65. The van der Waals surface area contributed by atoms with Gasteiger partial charge in [0.2, 0.25) is 5.91 Å². The highest BCUT2D eigenvalue weighted by atomic mass is 28.3. The van der Waals surface area contributed by atoms with Gasteiger partial charge in [-0.15, -0.1) is 0 Å². The maximum Gasteiger partial charge on any atom is 0.329 e. The van der Waals surface area contributed by atoms with Crippen LogP contribution in [-0.2, 0) is 20.9 Å². The molecule has 0 radical (unpaired) electrons. The Balaban J connectivity index is 1.77. The zero-order valence-electron chi connectivity index (χ0n) is 18.0. The van der Waals surface area contributed by atoms with Crippen LogP contribution < -0.4 is 0 Å². The molecular formula is C23H35NO3Si. The zero-order valence-corrected chi connectivity index (χ0v) is 19.0. The molecule has 1 saturated heterocycles. The van der Waals surface area contributed by atoms with Crippen molar-refractivity contribution in [2.24, 2.45) is 11.8 Å². The van der Waals surface area contributed by atoms with E-state index in [0.717, 1.165) is 12.0 Å². The van der Waals surface area contributed by atoms with E-state index in [1.165, 1.54) is 25.7 Å². The Bertz CT molecular complexity index is 704. The van der Waals surface area contributed by atoms with Crippen molar-refractivity contribution in [2.75, 3.05) is 0 Å². The van der Waals surface area contributed by atoms with Crippen LogP contribution in [0.15, 0.2) is 30.3 Å². The third kappa shape index (κ3) is 4.05. The van der Waals surface area contributed by atoms with E-state index in [-0.39, 0.29) is 29.4 Å². The summed E-state index contributed by atoms with van der Waals surface area (Å²) >= 11 is 0. The molecule has 0 bridgehead atoms. The number of ether oxygens (including phenoxy) is 1. The summed E-state index contributed by atoms with van der Waals surface area (Å²) in [5.74, 6) is 0.344. The third-order valence-corrected chi connectivity index (χ3v) is 12.6. The molecule has 2 fully saturated rings. The van der Waals surface area contributed by atoms with Crippen LogP contribution in [0.5, 0.6) is 0 Å². The molecule has 4 nitrogen and oxygen atoms in total. The van der Waals surface area contributed by atoms with Crippen LogP contribution in [-0.4, -0.2) is 30.7 Å². The smallest absolute Gasteiger partial charge is 0.329 e. The first kappa shape index (κ1) is 21.1. The van der Waals surface area contributed by atoms with Gasteiger partial charge in [-0.2, -0.15) is 0 Å². The Morgan fingerprint density at radius 3 is 2.32 bits per heavy atom. The number of nitrogens with zero attached hydrogens (tertiary/aromatic N) is 1. The van der Waals surface area contributed by atoms with Gasteiger partial charge in [-0.3, -0.25) is 4.79 Å². The average molecular weight is 402 g/mol. The number of carbonyl (C=O) groups excluding carboxylic acids is 2. The molecule has 0 unspecified atom stereocenters. The largest absolute Gasteiger partial charge is 0.459 e. The minimum atomic E-state index is -2.13. The van der Waals surface area contributed by atoms with Gasteiger partial charge in [0.1, 0.15) is 12.6 Å². The maximum atomic E-state index is 13.2. The van der Waals surface area contributed by atoms with E-state index in [1.807, 2.05) is 34.9 Å². The number of hydrogen-bond acceptors (Lipinski definition) is 3. The summed E-state index contributed by atoms with van der Waals surface area (Å²) in [5.41, 5.74) is 0.979. The lowest BCUT2D eigenvalue weighted by Gasteiger charge is -2.57. The van der Waals surface area contributed by atoms with Crippen LogP contribution in [0.2, 0.25) is 18.1 Å². The van der Waals surface area contributed by atoms with Gasteiger partial charge in [-0.1, -0.05) is 89.9 Å². The van der Waals surface area contributed by atoms with Crippen molar-refractivity contribution in [3.8, 4) is 0 Å². The van der Waals surface area contributed by atoms with Crippen LogP contribution in [0.4, 0.5) is 0 Å². The lowest BCUT2D eigenvalue weighted by Crippen LogP contribution is -2.75. The molecule has 0 aromatic heterocycles. The Morgan fingerprint density at radius 1 is 1.14 bits per heavy atom. The SMILES string of the molecule is CC(C)(C)[Si](C)(C)N1C(=O)[C@H](CC2CCCC2)[C@H]1C(=O)OCc1ccccc1. The fourth-order valence-electron chi connectivity index (χ4n) is 4.45. The van der Waals surface area contributed by atoms with Crippen molar-refractivity contribution in [2.45, 2.75) is 83.7 Å². The Morgan fingerprint density at radius 2 is 1.75 bits per heavy atom. The molecule has 28 heavy (non-hydrogen) atoms. The summed E-state index contributed by atoms with van der Waals surface area (Å²) in [7, 11) is -2.13. The first-order chi connectivity index (χ1) is 13.1. The quantitative estimate of drug-likeness (QED) is 0.376. The number of amides is 1. The molecule has 1 amide bonds. The summed E-state index contributed by atoms with van der Waals surface area (Å²) in [5, 5.41) is -0.00104. The Labute approximate surface area is 170 Å². The first-order valence-electron chi connectivity index (χ1n) is 10.7. The summed E-state index contributed by atoms with van der Waals surface area (Å²) in [6, 6.07) is 9.36. The molecule has 2 aliphatic rings. The first-order valence-corrected chi connectivity index (χ1v) is 13.6. The fourth-order valence-corrected chi connectivity index (χ4v) is 6.87. The van der Waals surface area contributed by atoms with Crippen LogP contribution in [0.1, 0.15) is 58.4 Å². The molecule has 1 aliphatic carbocycles. The molecule has 5 heteroatoms. The van der Waals surface area contributed by atoms with Crippen LogP contribution in [0, 0.1) is 11.8 Å². The van der Waals surface area contributed by atoms with Gasteiger partial charge in [0, 0.05) is 0 Å². The van der Waals surface area contributed by atoms with Crippen molar-refractivity contribution in [3.05, 3.63) is 35.9 Å². The van der Waals surface area contributed by atoms with Gasteiger partial charge in [0.15, 0.2) is 8.24 Å². The number of hydrogen-bond donors (Lipinski definition) is 0. The third-order valence-electron chi connectivity index (χ3n) is 7.18. The monoisotopic (exact) mass is 401 g/mol. The number of benzene rings is 1. The van der Waals surface area contributed by atoms with Crippen molar-refractivity contribution in [1.82, 2.24) is 4.57 Å². The van der Waals surface area contributed by atoms with E-state index >= 15 is 0 Å². The lowest BCUT2D eigenvalue weighted by atomic mass is 9.81. The molecule has 1 heterocycles. The van der Waals surface area contributed by atoms with Gasteiger partial charge < -0.3 is 9.30 Å². The molecule has 1 aliphatic heterocycles. The minimum Gasteiger partial charge on any atom is -0.459 e. The van der Waals surface area contributed by atoms with E-state index in [4.69, 9.17) is 4.74 Å². The highest BCUT2D eigenvalue weighted by Crippen LogP contribution is 2.47.